The number of rotatable bonds is 2. The molecule has 1 heterocycles. The van der Waals surface area contributed by atoms with Gasteiger partial charge in [0.2, 0.25) is 0 Å². The lowest BCUT2D eigenvalue weighted by molar-refractivity contribution is 0.145. The molecule has 0 aliphatic carbocycles. The SMILES string of the molecule is Cc1nnc(C(F)F)cc1NC(=O)O. The first-order valence-corrected chi connectivity index (χ1v) is 3.63. The van der Waals surface area contributed by atoms with Gasteiger partial charge < -0.3 is 5.11 Å². The molecule has 1 aromatic heterocycles. The first-order chi connectivity index (χ1) is 6.50. The van der Waals surface area contributed by atoms with Crippen LogP contribution in [0.25, 0.3) is 0 Å². The Bertz CT molecular complexity index is 357. The van der Waals surface area contributed by atoms with Crippen molar-refractivity contribution in [3.63, 3.8) is 0 Å². The summed E-state index contributed by atoms with van der Waals surface area (Å²) in [7, 11) is 0. The van der Waals surface area contributed by atoms with Gasteiger partial charge >= 0.3 is 6.09 Å². The zero-order chi connectivity index (χ0) is 10.7. The summed E-state index contributed by atoms with van der Waals surface area (Å²) in [5.41, 5.74) is -0.293. The molecule has 1 amide bonds. The summed E-state index contributed by atoms with van der Waals surface area (Å²) >= 11 is 0. The Morgan fingerprint density at radius 3 is 2.71 bits per heavy atom. The third-order valence-electron chi connectivity index (χ3n) is 1.46. The van der Waals surface area contributed by atoms with Gasteiger partial charge in [0.15, 0.2) is 0 Å². The average molecular weight is 203 g/mol. The normalized spacial score (nSPS) is 10.3. The number of halogens is 2. The van der Waals surface area contributed by atoms with E-state index in [1.165, 1.54) is 6.92 Å². The highest BCUT2D eigenvalue weighted by Crippen LogP contribution is 2.20. The standard InChI is InChI=1S/C7H7F2N3O2/c1-3-4(10-7(13)14)2-5(6(8)9)12-11-3/h2,6H,1H3,(H,10,12)(H,13,14). The van der Waals surface area contributed by atoms with Crippen LogP contribution in [0.15, 0.2) is 6.07 Å². The van der Waals surface area contributed by atoms with E-state index in [4.69, 9.17) is 5.11 Å². The van der Waals surface area contributed by atoms with Crippen molar-refractivity contribution in [2.45, 2.75) is 13.3 Å². The zero-order valence-corrected chi connectivity index (χ0v) is 7.16. The molecule has 2 N–H and O–H groups in total. The molecule has 0 bridgehead atoms. The van der Waals surface area contributed by atoms with Crippen molar-refractivity contribution < 1.29 is 18.7 Å². The van der Waals surface area contributed by atoms with E-state index in [0.717, 1.165) is 6.07 Å². The summed E-state index contributed by atoms with van der Waals surface area (Å²) in [6.45, 7) is 1.47. The zero-order valence-electron chi connectivity index (χ0n) is 7.16. The molecule has 0 aliphatic rings. The number of aryl methyl sites for hydroxylation is 1. The number of hydrogen-bond donors (Lipinski definition) is 2. The van der Waals surface area contributed by atoms with E-state index < -0.39 is 18.2 Å². The fraction of sp³-hybridized carbons (Fsp3) is 0.286. The first-order valence-electron chi connectivity index (χ1n) is 3.63. The van der Waals surface area contributed by atoms with Crippen molar-refractivity contribution >= 4 is 11.8 Å². The van der Waals surface area contributed by atoms with Gasteiger partial charge in [-0.05, 0) is 13.0 Å². The van der Waals surface area contributed by atoms with Crippen LogP contribution in [0.1, 0.15) is 17.8 Å². The van der Waals surface area contributed by atoms with Crippen LogP contribution in [0.3, 0.4) is 0 Å². The Hall–Kier alpha value is -1.79. The van der Waals surface area contributed by atoms with Gasteiger partial charge in [-0.15, -0.1) is 5.10 Å². The second-order valence-electron chi connectivity index (χ2n) is 2.50. The first kappa shape index (κ1) is 10.3. The Kier molecular flexibility index (Phi) is 2.90. The number of hydrogen-bond acceptors (Lipinski definition) is 3. The van der Waals surface area contributed by atoms with Crippen molar-refractivity contribution in [3.05, 3.63) is 17.5 Å². The molecule has 1 aromatic rings. The molecule has 0 radical (unpaired) electrons. The maximum atomic E-state index is 12.1. The van der Waals surface area contributed by atoms with Crippen molar-refractivity contribution in [2.24, 2.45) is 0 Å². The number of carboxylic acid groups (broad SMARTS) is 1. The molecule has 0 unspecified atom stereocenters. The van der Waals surface area contributed by atoms with Gasteiger partial charge in [0, 0.05) is 0 Å². The van der Waals surface area contributed by atoms with Gasteiger partial charge in [-0.3, -0.25) is 5.32 Å². The maximum absolute atomic E-state index is 12.1. The lowest BCUT2D eigenvalue weighted by Crippen LogP contribution is -2.10. The molecule has 76 valence electrons. The summed E-state index contributed by atoms with van der Waals surface area (Å²) in [6, 6.07) is 0.959. The summed E-state index contributed by atoms with van der Waals surface area (Å²) < 4.78 is 24.3. The minimum absolute atomic E-state index is 0.0165. The van der Waals surface area contributed by atoms with E-state index in [1.54, 1.807) is 0 Å². The highest BCUT2D eigenvalue weighted by atomic mass is 19.3. The summed E-state index contributed by atoms with van der Waals surface area (Å²) in [6.07, 6.45) is -4.10. The third-order valence-corrected chi connectivity index (χ3v) is 1.46. The van der Waals surface area contributed by atoms with E-state index in [2.05, 4.69) is 10.2 Å². The predicted molar refractivity (Wildman–Crippen MR) is 43.4 cm³/mol. The number of nitrogens with one attached hydrogen (secondary N) is 1. The van der Waals surface area contributed by atoms with E-state index in [0.29, 0.717) is 0 Å². The maximum Gasteiger partial charge on any atom is 0.409 e. The van der Waals surface area contributed by atoms with Crippen LogP contribution in [-0.4, -0.2) is 21.4 Å². The lowest BCUT2D eigenvalue weighted by Gasteiger charge is -2.05. The molecule has 0 aromatic carbocycles. The number of carbonyl (C=O) groups is 1. The number of aromatic nitrogens is 2. The molecule has 5 nitrogen and oxygen atoms in total. The number of anilines is 1. The van der Waals surface area contributed by atoms with E-state index in [1.807, 2.05) is 5.32 Å². The highest BCUT2D eigenvalue weighted by molar-refractivity contribution is 5.83. The van der Waals surface area contributed by atoms with Crippen LogP contribution >= 0.6 is 0 Å². The largest absolute Gasteiger partial charge is 0.465 e. The molecule has 7 heteroatoms. The Morgan fingerprint density at radius 2 is 2.21 bits per heavy atom. The van der Waals surface area contributed by atoms with E-state index in [9.17, 15) is 13.6 Å². The van der Waals surface area contributed by atoms with Crippen molar-refractivity contribution in [2.75, 3.05) is 5.32 Å². The molecule has 0 spiro atoms. The number of alkyl halides is 2. The minimum atomic E-state index is -2.77. The Morgan fingerprint density at radius 1 is 1.57 bits per heavy atom. The van der Waals surface area contributed by atoms with E-state index in [-0.39, 0.29) is 11.4 Å². The third kappa shape index (κ3) is 2.35. The molecule has 0 atom stereocenters. The predicted octanol–water partition coefficient (Wildman–Crippen LogP) is 1.81. The van der Waals surface area contributed by atoms with Crippen LogP contribution < -0.4 is 5.32 Å². The smallest absolute Gasteiger partial charge is 0.409 e. The summed E-state index contributed by atoms with van der Waals surface area (Å²) in [4.78, 5) is 10.3. The van der Waals surface area contributed by atoms with Gasteiger partial charge in [0.05, 0.1) is 11.4 Å². The van der Waals surface area contributed by atoms with Crippen molar-refractivity contribution in [3.8, 4) is 0 Å². The van der Waals surface area contributed by atoms with Crippen LogP contribution in [0.5, 0.6) is 0 Å². The molecular weight excluding hydrogens is 196 g/mol. The van der Waals surface area contributed by atoms with Crippen molar-refractivity contribution in [1.29, 1.82) is 0 Å². The van der Waals surface area contributed by atoms with Crippen molar-refractivity contribution in [1.82, 2.24) is 10.2 Å². The van der Waals surface area contributed by atoms with Gasteiger partial charge in [-0.25, -0.2) is 13.6 Å². The monoisotopic (exact) mass is 203 g/mol. The molecule has 0 saturated heterocycles. The second-order valence-corrected chi connectivity index (χ2v) is 2.50. The Labute approximate surface area is 77.8 Å². The number of nitrogens with zero attached hydrogens (tertiary/aromatic N) is 2. The van der Waals surface area contributed by atoms with Crippen LogP contribution in [0.4, 0.5) is 19.3 Å². The lowest BCUT2D eigenvalue weighted by atomic mass is 10.3. The minimum Gasteiger partial charge on any atom is -0.465 e. The molecule has 0 fully saturated rings. The summed E-state index contributed by atoms with van der Waals surface area (Å²) in [5.74, 6) is 0. The second kappa shape index (κ2) is 3.95. The highest BCUT2D eigenvalue weighted by Gasteiger charge is 2.13. The van der Waals surface area contributed by atoms with Crippen LogP contribution in [-0.2, 0) is 0 Å². The summed E-state index contributed by atoms with van der Waals surface area (Å²) in [5, 5.41) is 16.9. The average Bonchev–Trinajstić information content (AvgIpc) is 2.07. The van der Waals surface area contributed by atoms with Gasteiger partial charge in [0.25, 0.3) is 6.43 Å². The fourth-order valence-electron chi connectivity index (χ4n) is 0.816. The van der Waals surface area contributed by atoms with E-state index >= 15 is 0 Å². The molecule has 14 heavy (non-hydrogen) atoms. The fourth-order valence-corrected chi connectivity index (χ4v) is 0.816. The quantitative estimate of drug-likeness (QED) is 0.768. The molecule has 0 aliphatic heterocycles. The topological polar surface area (TPSA) is 75.1 Å². The van der Waals surface area contributed by atoms with Gasteiger partial charge in [0.1, 0.15) is 5.69 Å². The Balaban J connectivity index is 3.02. The van der Waals surface area contributed by atoms with Crippen LogP contribution in [0, 0.1) is 6.92 Å². The molecular formula is C7H7F2N3O2. The molecule has 1 rings (SSSR count). The van der Waals surface area contributed by atoms with Gasteiger partial charge in [-0.1, -0.05) is 0 Å². The van der Waals surface area contributed by atoms with Crippen LogP contribution in [0.2, 0.25) is 0 Å². The molecule has 0 saturated carbocycles. The van der Waals surface area contributed by atoms with Gasteiger partial charge in [-0.2, -0.15) is 5.10 Å². The number of amides is 1.